The highest BCUT2D eigenvalue weighted by Gasteiger charge is 2.45. The number of rotatable bonds is 10. The van der Waals surface area contributed by atoms with Crippen molar-refractivity contribution in [1.82, 2.24) is 14.5 Å². The molecule has 1 unspecified atom stereocenters. The zero-order chi connectivity index (χ0) is 24.8. The number of carbonyl (C=O) groups excluding carboxylic acids is 2. The summed E-state index contributed by atoms with van der Waals surface area (Å²) < 4.78 is 12.8. The molecule has 0 saturated carbocycles. The minimum atomic E-state index is -0.709. The van der Waals surface area contributed by atoms with Gasteiger partial charge in [0.05, 0.1) is 31.7 Å². The van der Waals surface area contributed by atoms with E-state index in [0.717, 1.165) is 12.0 Å². The van der Waals surface area contributed by atoms with E-state index in [4.69, 9.17) is 9.47 Å². The van der Waals surface area contributed by atoms with Crippen LogP contribution in [-0.4, -0.2) is 51.5 Å². The van der Waals surface area contributed by atoms with Crippen LogP contribution in [0.5, 0.6) is 11.5 Å². The Balaban J connectivity index is 1.68. The van der Waals surface area contributed by atoms with Crippen molar-refractivity contribution in [3.05, 3.63) is 84.0 Å². The maximum atomic E-state index is 13.2. The number of ketones is 1. The molecule has 3 aromatic rings. The molecular weight excluding hydrogens is 446 g/mol. The molecule has 0 radical (unpaired) electrons. The molecule has 1 fully saturated rings. The van der Waals surface area contributed by atoms with Gasteiger partial charge in [-0.1, -0.05) is 19.1 Å². The van der Waals surface area contributed by atoms with Crippen LogP contribution in [0, 0.1) is 0 Å². The normalized spacial score (nSPS) is 17.1. The fourth-order valence-corrected chi connectivity index (χ4v) is 4.17. The summed E-state index contributed by atoms with van der Waals surface area (Å²) in [6.45, 7) is 3.61. The number of methoxy groups -OCH3 is 1. The molecule has 1 amide bonds. The van der Waals surface area contributed by atoms with Crippen LogP contribution in [0.25, 0.3) is 5.76 Å². The van der Waals surface area contributed by atoms with Gasteiger partial charge in [-0.15, -0.1) is 0 Å². The Kier molecular flexibility index (Phi) is 7.50. The van der Waals surface area contributed by atoms with Crippen molar-refractivity contribution < 1.29 is 24.2 Å². The Bertz CT molecular complexity index is 1180. The molecule has 4 rings (SSSR count). The van der Waals surface area contributed by atoms with E-state index in [-0.39, 0.29) is 11.3 Å². The molecule has 0 bridgehead atoms. The number of imidazole rings is 1. The fourth-order valence-electron chi connectivity index (χ4n) is 4.17. The van der Waals surface area contributed by atoms with Crippen molar-refractivity contribution in [2.75, 3.05) is 20.3 Å². The second kappa shape index (κ2) is 10.9. The van der Waals surface area contributed by atoms with E-state index in [1.165, 1.54) is 4.90 Å². The molecule has 1 atom stereocenters. The van der Waals surface area contributed by atoms with Gasteiger partial charge in [0.25, 0.3) is 11.7 Å². The molecule has 2 aromatic carbocycles. The van der Waals surface area contributed by atoms with Crippen molar-refractivity contribution in [3.8, 4) is 11.5 Å². The van der Waals surface area contributed by atoms with Crippen molar-refractivity contribution in [3.63, 3.8) is 0 Å². The van der Waals surface area contributed by atoms with Gasteiger partial charge < -0.3 is 24.0 Å². The number of aliphatic hydroxyl groups excluding tert-OH is 1. The minimum absolute atomic E-state index is 0.0741. The molecule has 2 heterocycles. The first kappa shape index (κ1) is 24.1. The van der Waals surface area contributed by atoms with E-state index < -0.39 is 17.7 Å². The highest BCUT2D eigenvalue weighted by molar-refractivity contribution is 6.46. The SMILES string of the molecule is CCCOc1ccc(/C(O)=C2\C(=O)C(=O)N(CCCn3ccnc3)C2c2ccc(OC)cc2)cc1. The molecule has 182 valence electrons. The summed E-state index contributed by atoms with van der Waals surface area (Å²) in [5.74, 6) is -0.190. The average molecular weight is 476 g/mol. The van der Waals surface area contributed by atoms with Crippen molar-refractivity contribution >= 4 is 17.4 Å². The third kappa shape index (κ3) is 5.21. The smallest absolute Gasteiger partial charge is 0.295 e. The van der Waals surface area contributed by atoms with Gasteiger partial charge in [0.2, 0.25) is 0 Å². The van der Waals surface area contributed by atoms with Gasteiger partial charge in [-0.2, -0.15) is 0 Å². The molecule has 35 heavy (non-hydrogen) atoms. The van der Waals surface area contributed by atoms with Crippen LogP contribution in [0.2, 0.25) is 0 Å². The van der Waals surface area contributed by atoms with Gasteiger partial charge in [0, 0.05) is 31.0 Å². The van der Waals surface area contributed by atoms with E-state index in [9.17, 15) is 14.7 Å². The fraction of sp³-hybridized carbons (Fsp3) is 0.296. The van der Waals surface area contributed by atoms with Gasteiger partial charge in [-0.3, -0.25) is 9.59 Å². The number of aromatic nitrogens is 2. The standard InChI is InChI=1S/C27H29N3O5/c1-3-17-35-22-11-7-20(8-12-22)25(31)23-24(19-5-9-21(34-2)10-6-19)30(27(33)26(23)32)15-4-14-29-16-13-28-18-29/h5-13,16,18,24,31H,3-4,14-15,17H2,1-2H3/b25-23+. The van der Waals surface area contributed by atoms with Crippen LogP contribution in [0.3, 0.4) is 0 Å². The first-order valence-corrected chi connectivity index (χ1v) is 11.6. The Morgan fingerprint density at radius 1 is 1.03 bits per heavy atom. The predicted molar refractivity (Wildman–Crippen MR) is 131 cm³/mol. The molecule has 0 spiro atoms. The van der Waals surface area contributed by atoms with Crippen LogP contribution in [0.15, 0.2) is 72.8 Å². The summed E-state index contributed by atoms with van der Waals surface area (Å²) in [6.07, 6.45) is 6.77. The lowest BCUT2D eigenvalue weighted by Gasteiger charge is -2.25. The van der Waals surface area contributed by atoms with Crippen LogP contribution in [-0.2, 0) is 16.1 Å². The number of benzene rings is 2. The number of likely N-dealkylation sites (tertiary alicyclic amines) is 1. The van der Waals surface area contributed by atoms with Crippen LogP contribution in [0.1, 0.15) is 36.9 Å². The van der Waals surface area contributed by atoms with E-state index >= 15 is 0 Å². The second-order valence-electron chi connectivity index (χ2n) is 8.29. The molecular formula is C27H29N3O5. The molecule has 1 aliphatic rings. The van der Waals surface area contributed by atoms with Crippen LogP contribution < -0.4 is 9.47 Å². The van der Waals surface area contributed by atoms with Crippen molar-refractivity contribution in [2.24, 2.45) is 0 Å². The highest BCUT2D eigenvalue weighted by atomic mass is 16.5. The Morgan fingerprint density at radius 2 is 1.74 bits per heavy atom. The molecule has 1 aliphatic heterocycles. The Hall–Kier alpha value is -4.07. The van der Waals surface area contributed by atoms with Gasteiger partial charge in [-0.25, -0.2) is 4.98 Å². The third-order valence-electron chi connectivity index (χ3n) is 5.95. The molecule has 1 saturated heterocycles. The molecule has 1 aromatic heterocycles. The largest absolute Gasteiger partial charge is 0.507 e. The summed E-state index contributed by atoms with van der Waals surface area (Å²) in [7, 11) is 1.57. The van der Waals surface area contributed by atoms with Crippen molar-refractivity contribution in [1.29, 1.82) is 0 Å². The van der Waals surface area contributed by atoms with Gasteiger partial charge in [0.15, 0.2) is 0 Å². The number of nitrogens with zero attached hydrogens (tertiary/aromatic N) is 3. The van der Waals surface area contributed by atoms with Crippen LogP contribution in [0.4, 0.5) is 0 Å². The third-order valence-corrected chi connectivity index (χ3v) is 5.95. The quantitative estimate of drug-likeness (QED) is 0.268. The van der Waals surface area contributed by atoms with E-state index in [0.29, 0.717) is 43.2 Å². The minimum Gasteiger partial charge on any atom is -0.507 e. The summed E-state index contributed by atoms with van der Waals surface area (Å²) >= 11 is 0. The Labute approximate surface area is 204 Å². The van der Waals surface area contributed by atoms with E-state index in [1.807, 2.05) is 29.8 Å². The number of aliphatic hydroxyl groups is 1. The van der Waals surface area contributed by atoms with Gasteiger partial charge >= 0.3 is 0 Å². The number of Topliss-reactive ketones (excluding diaryl/α,β-unsaturated/α-hetero) is 1. The van der Waals surface area contributed by atoms with Gasteiger partial charge in [-0.05, 0) is 54.8 Å². The lowest BCUT2D eigenvalue weighted by molar-refractivity contribution is -0.139. The number of hydrogen-bond acceptors (Lipinski definition) is 6. The van der Waals surface area contributed by atoms with E-state index in [1.54, 1.807) is 56.0 Å². The summed E-state index contributed by atoms with van der Waals surface area (Å²) in [6, 6.07) is 13.3. The number of aryl methyl sites for hydroxylation is 1. The summed E-state index contributed by atoms with van der Waals surface area (Å²) in [4.78, 5) is 31.8. The Morgan fingerprint density at radius 3 is 2.37 bits per heavy atom. The van der Waals surface area contributed by atoms with Crippen molar-refractivity contribution in [2.45, 2.75) is 32.4 Å². The van der Waals surface area contributed by atoms with Crippen LogP contribution >= 0.6 is 0 Å². The zero-order valence-corrected chi connectivity index (χ0v) is 19.9. The lowest BCUT2D eigenvalue weighted by Crippen LogP contribution is -2.31. The monoisotopic (exact) mass is 475 g/mol. The topological polar surface area (TPSA) is 93.9 Å². The predicted octanol–water partition coefficient (Wildman–Crippen LogP) is 4.19. The molecule has 1 N–H and O–H groups in total. The first-order valence-electron chi connectivity index (χ1n) is 11.6. The van der Waals surface area contributed by atoms with E-state index in [2.05, 4.69) is 4.98 Å². The number of amides is 1. The lowest BCUT2D eigenvalue weighted by atomic mass is 9.95. The molecule has 8 heteroatoms. The van der Waals surface area contributed by atoms with Gasteiger partial charge in [0.1, 0.15) is 17.3 Å². The zero-order valence-electron chi connectivity index (χ0n) is 19.9. The number of ether oxygens (including phenoxy) is 2. The summed E-state index contributed by atoms with van der Waals surface area (Å²) in [5.41, 5.74) is 1.24. The maximum absolute atomic E-state index is 13.2. The number of hydrogen-bond donors (Lipinski definition) is 1. The maximum Gasteiger partial charge on any atom is 0.295 e. The summed E-state index contributed by atoms with van der Waals surface area (Å²) in [5, 5.41) is 11.2. The average Bonchev–Trinajstić information content (AvgIpc) is 3.50. The number of carbonyl (C=O) groups is 2. The highest BCUT2D eigenvalue weighted by Crippen LogP contribution is 2.40. The molecule has 8 nitrogen and oxygen atoms in total. The second-order valence-corrected chi connectivity index (χ2v) is 8.29. The first-order chi connectivity index (χ1) is 17.0. The molecule has 0 aliphatic carbocycles.